The van der Waals surface area contributed by atoms with E-state index in [-0.39, 0.29) is 41.4 Å². The van der Waals surface area contributed by atoms with Crippen LogP contribution in [0.1, 0.15) is 52.4 Å². The molecule has 0 bridgehead atoms. The second kappa shape index (κ2) is 12.8. The molecule has 0 unspecified atom stereocenters. The molecule has 0 atom stereocenters. The number of hydrogen-bond acceptors (Lipinski definition) is 5. The van der Waals surface area contributed by atoms with Crippen molar-refractivity contribution in [3.05, 3.63) is 0 Å². The minimum atomic E-state index is -0.0380. The smallest absolute Gasteiger partial charge is 0.308 e. The second-order valence-electron chi connectivity index (χ2n) is 7.87. The van der Waals surface area contributed by atoms with E-state index in [1.54, 1.807) is 0 Å². The first-order chi connectivity index (χ1) is 13.0. The van der Waals surface area contributed by atoms with Crippen LogP contribution in [0.2, 0.25) is 0 Å². The number of guanidine groups is 1. The third-order valence-corrected chi connectivity index (χ3v) is 5.94. The van der Waals surface area contributed by atoms with Crippen molar-refractivity contribution in [2.24, 2.45) is 10.9 Å². The van der Waals surface area contributed by atoms with Crippen molar-refractivity contribution < 1.29 is 14.3 Å². The van der Waals surface area contributed by atoms with E-state index < -0.39 is 0 Å². The SMILES string of the molecule is CCNC(=NCC1(N(C)C)CCOCC1)NC1CCC(C(=O)OCC)CC1.I. The molecule has 0 radical (unpaired) electrons. The van der Waals surface area contributed by atoms with Crippen molar-refractivity contribution in [3.8, 4) is 0 Å². The van der Waals surface area contributed by atoms with Gasteiger partial charge in [-0.1, -0.05) is 0 Å². The Morgan fingerprint density at radius 1 is 1.18 bits per heavy atom. The maximum absolute atomic E-state index is 11.9. The normalized spacial score (nSPS) is 25.0. The molecule has 2 rings (SSSR count). The number of hydrogen-bond donors (Lipinski definition) is 2. The largest absolute Gasteiger partial charge is 0.466 e. The molecular weight excluding hydrogens is 471 g/mol. The Labute approximate surface area is 187 Å². The van der Waals surface area contributed by atoms with Gasteiger partial charge in [-0.05, 0) is 66.5 Å². The zero-order valence-electron chi connectivity index (χ0n) is 18.0. The average molecular weight is 510 g/mol. The first-order valence-corrected chi connectivity index (χ1v) is 10.5. The van der Waals surface area contributed by atoms with E-state index in [9.17, 15) is 4.79 Å². The average Bonchev–Trinajstić information content (AvgIpc) is 2.67. The quantitative estimate of drug-likeness (QED) is 0.237. The van der Waals surface area contributed by atoms with Crippen molar-refractivity contribution in [1.82, 2.24) is 15.5 Å². The van der Waals surface area contributed by atoms with Gasteiger partial charge in [0.15, 0.2) is 5.96 Å². The number of likely N-dealkylation sites (N-methyl/N-ethyl adjacent to an activating group) is 1. The summed E-state index contributed by atoms with van der Waals surface area (Å²) in [6, 6.07) is 0.360. The van der Waals surface area contributed by atoms with Crippen LogP contribution >= 0.6 is 24.0 Å². The minimum absolute atomic E-state index is 0. The fourth-order valence-corrected chi connectivity index (χ4v) is 3.97. The Bertz CT molecular complexity index is 488. The van der Waals surface area contributed by atoms with Gasteiger partial charge in [-0.3, -0.25) is 9.79 Å². The summed E-state index contributed by atoms with van der Waals surface area (Å²) in [6.07, 6.45) is 5.73. The topological polar surface area (TPSA) is 75.2 Å². The van der Waals surface area contributed by atoms with Gasteiger partial charge in [-0.15, -0.1) is 24.0 Å². The van der Waals surface area contributed by atoms with Crippen LogP contribution in [0.25, 0.3) is 0 Å². The number of aliphatic imine (C=N–C) groups is 1. The van der Waals surface area contributed by atoms with Crippen molar-refractivity contribution in [2.75, 3.05) is 47.0 Å². The molecule has 0 amide bonds. The molecule has 1 heterocycles. The lowest BCUT2D eigenvalue weighted by atomic mass is 9.86. The Morgan fingerprint density at radius 2 is 1.82 bits per heavy atom. The van der Waals surface area contributed by atoms with Crippen LogP contribution in [-0.2, 0) is 14.3 Å². The molecule has 2 N–H and O–H groups in total. The van der Waals surface area contributed by atoms with E-state index >= 15 is 0 Å². The molecular formula is C20H39IN4O3. The lowest BCUT2D eigenvalue weighted by Gasteiger charge is -2.41. The fourth-order valence-electron chi connectivity index (χ4n) is 3.97. The zero-order chi connectivity index (χ0) is 19.7. The molecule has 164 valence electrons. The molecule has 7 nitrogen and oxygen atoms in total. The Hall–Kier alpha value is -0.610. The van der Waals surface area contributed by atoms with Crippen LogP contribution in [0.4, 0.5) is 0 Å². The number of carbonyl (C=O) groups excluding carboxylic acids is 1. The van der Waals surface area contributed by atoms with E-state index in [1.807, 2.05) is 6.92 Å². The highest BCUT2D eigenvalue weighted by molar-refractivity contribution is 14.0. The predicted octanol–water partition coefficient (Wildman–Crippen LogP) is 2.39. The minimum Gasteiger partial charge on any atom is -0.466 e. The van der Waals surface area contributed by atoms with Gasteiger partial charge in [-0.25, -0.2) is 0 Å². The molecule has 28 heavy (non-hydrogen) atoms. The number of halogens is 1. The van der Waals surface area contributed by atoms with Crippen LogP contribution in [0.15, 0.2) is 4.99 Å². The first kappa shape index (κ1) is 25.4. The molecule has 0 aromatic carbocycles. The number of ether oxygens (including phenoxy) is 2. The van der Waals surface area contributed by atoms with Crippen molar-refractivity contribution in [3.63, 3.8) is 0 Å². The van der Waals surface area contributed by atoms with Gasteiger partial charge in [0.2, 0.25) is 0 Å². The van der Waals surface area contributed by atoms with Gasteiger partial charge in [0.05, 0.1) is 19.1 Å². The maximum atomic E-state index is 11.9. The molecule has 1 saturated carbocycles. The van der Waals surface area contributed by atoms with Gasteiger partial charge in [0, 0.05) is 31.3 Å². The summed E-state index contributed by atoms with van der Waals surface area (Å²) in [6.45, 7) is 7.62. The second-order valence-corrected chi connectivity index (χ2v) is 7.87. The summed E-state index contributed by atoms with van der Waals surface area (Å²) in [5.74, 6) is 0.899. The van der Waals surface area contributed by atoms with Crippen LogP contribution in [0, 0.1) is 5.92 Å². The molecule has 0 aromatic heterocycles. The number of carbonyl (C=O) groups is 1. The lowest BCUT2D eigenvalue weighted by Crippen LogP contribution is -2.52. The molecule has 0 spiro atoms. The fraction of sp³-hybridized carbons (Fsp3) is 0.900. The van der Waals surface area contributed by atoms with Gasteiger partial charge in [0.25, 0.3) is 0 Å². The molecule has 2 fully saturated rings. The molecule has 2 aliphatic rings. The summed E-state index contributed by atoms with van der Waals surface area (Å²) in [7, 11) is 4.27. The van der Waals surface area contributed by atoms with Crippen LogP contribution in [0.5, 0.6) is 0 Å². The molecule has 0 aromatic rings. The van der Waals surface area contributed by atoms with Crippen molar-refractivity contribution >= 4 is 35.9 Å². The summed E-state index contributed by atoms with van der Waals surface area (Å²) >= 11 is 0. The highest BCUT2D eigenvalue weighted by Gasteiger charge is 2.35. The van der Waals surface area contributed by atoms with E-state index in [1.165, 1.54) is 0 Å². The highest BCUT2D eigenvalue weighted by atomic mass is 127. The van der Waals surface area contributed by atoms with E-state index in [2.05, 4.69) is 36.6 Å². The summed E-state index contributed by atoms with van der Waals surface area (Å²) in [4.78, 5) is 19.1. The van der Waals surface area contributed by atoms with E-state index in [0.717, 1.165) is 70.8 Å². The van der Waals surface area contributed by atoms with Crippen LogP contribution < -0.4 is 10.6 Å². The van der Waals surface area contributed by atoms with Crippen molar-refractivity contribution in [2.45, 2.75) is 64.0 Å². The number of rotatable bonds is 7. The molecule has 1 saturated heterocycles. The number of nitrogens with zero attached hydrogens (tertiary/aromatic N) is 2. The van der Waals surface area contributed by atoms with Gasteiger partial charge in [-0.2, -0.15) is 0 Å². The maximum Gasteiger partial charge on any atom is 0.308 e. The van der Waals surface area contributed by atoms with Crippen LogP contribution in [-0.4, -0.2) is 75.4 Å². The van der Waals surface area contributed by atoms with E-state index in [0.29, 0.717) is 12.6 Å². The highest BCUT2D eigenvalue weighted by Crippen LogP contribution is 2.27. The summed E-state index contributed by atoms with van der Waals surface area (Å²) in [5.41, 5.74) is 0.0716. The number of nitrogens with one attached hydrogen (secondary N) is 2. The third kappa shape index (κ3) is 7.33. The monoisotopic (exact) mass is 510 g/mol. The molecule has 8 heteroatoms. The summed E-state index contributed by atoms with van der Waals surface area (Å²) < 4.78 is 10.7. The first-order valence-electron chi connectivity index (χ1n) is 10.5. The molecule has 1 aliphatic carbocycles. The molecule has 1 aliphatic heterocycles. The zero-order valence-corrected chi connectivity index (χ0v) is 20.3. The lowest BCUT2D eigenvalue weighted by molar-refractivity contribution is -0.149. The predicted molar refractivity (Wildman–Crippen MR) is 123 cm³/mol. The standard InChI is InChI=1S/C20H38N4O3.HI/c1-5-21-19(22-15-20(24(3)4)11-13-26-14-12-20)23-17-9-7-16(8-10-17)18(25)27-6-2;/h16-17H,5-15H2,1-4H3,(H2,21,22,23);1H. The Morgan fingerprint density at radius 3 is 2.36 bits per heavy atom. The van der Waals surface area contributed by atoms with E-state index in [4.69, 9.17) is 14.5 Å². The van der Waals surface area contributed by atoms with Gasteiger partial charge in [0.1, 0.15) is 0 Å². The third-order valence-electron chi connectivity index (χ3n) is 5.94. The number of esters is 1. The van der Waals surface area contributed by atoms with Gasteiger partial charge >= 0.3 is 5.97 Å². The van der Waals surface area contributed by atoms with Crippen LogP contribution in [0.3, 0.4) is 0 Å². The van der Waals surface area contributed by atoms with Gasteiger partial charge < -0.3 is 25.0 Å². The Balaban J connectivity index is 0.00000392. The Kier molecular flexibility index (Phi) is 11.7. The van der Waals surface area contributed by atoms with Crippen molar-refractivity contribution in [1.29, 1.82) is 0 Å². The summed E-state index contributed by atoms with van der Waals surface area (Å²) in [5, 5.41) is 6.96.